The van der Waals surface area contributed by atoms with Crippen molar-refractivity contribution in [1.29, 1.82) is 5.26 Å². The van der Waals surface area contributed by atoms with E-state index in [2.05, 4.69) is 23.7 Å². The molecule has 1 aromatic heterocycles. The number of aryl methyl sites for hydroxylation is 1. The van der Waals surface area contributed by atoms with Crippen molar-refractivity contribution in [1.82, 2.24) is 4.57 Å². The molecule has 0 spiro atoms. The van der Waals surface area contributed by atoms with E-state index in [0.717, 1.165) is 11.3 Å². The van der Waals surface area contributed by atoms with Crippen LogP contribution in [-0.4, -0.2) is 17.6 Å². The van der Waals surface area contributed by atoms with Crippen molar-refractivity contribution in [3.05, 3.63) is 53.4 Å². The Labute approximate surface area is 142 Å². The first-order chi connectivity index (χ1) is 11.4. The molecule has 2 aromatic rings. The Kier molecular flexibility index (Phi) is 5.43. The summed E-state index contributed by atoms with van der Waals surface area (Å²) in [6.07, 6.45) is 3.54. The van der Waals surface area contributed by atoms with E-state index in [1.54, 1.807) is 37.5 Å². The Morgan fingerprint density at radius 1 is 1.33 bits per heavy atom. The number of carbonyl (C=O) groups is 1. The number of nitrogens with zero attached hydrogens (tertiary/aromatic N) is 2. The molecule has 0 aliphatic heterocycles. The van der Waals surface area contributed by atoms with Gasteiger partial charge in [0.15, 0.2) is 0 Å². The summed E-state index contributed by atoms with van der Waals surface area (Å²) in [7, 11) is 1.58. The molecular weight excluding hydrogens is 302 g/mol. The van der Waals surface area contributed by atoms with Crippen molar-refractivity contribution in [2.24, 2.45) is 0 Å². The highest BCUT2D eigenvalue weighted by Gasteiger charge is 2.11. The Morgan fingerprint density at radius 2 is 2.00 bits per heavy atom. The second-order valence-corrected chi connectivity index (χ2v) is 5.77. The van der Waals surface area contributed by atoms with Crippen LogP contribution in [0.2, 0.25) is 0 Å². The summed E-state index contributed by atoms with van der Waals surface area (Å²) in [4.78, 5) is 12.3. The maximum absolute atomic E-state index is 12.3. The normalized spacial score (nSPS) is 11.2. The van der Waals surface area contributed by atoms with Crippen LogP contribution in [0.5, 0.6) is 5.75 Å². The van der Waals surface area contributed by atoms with Crippen molar-refractivity contribution in [3.8, 4) is 11.8 Å². The monoisotopic (exact) mass is 323 g/mol. The number of amides is 1. The first-order valence-corrected chi connectivity index (χ1v) is 7.70. The summed E-state index contributed by atoms with van der Waals surface area (Å²) in [5.74, 6) is 0.271. The molecule has 0 fully saturated rings. The molecule has 1 aromatic carbocycles. The lowest BCUT2D eigenvalue weighted by atomic mass is 10.2. The van der Waals surface area contributed by atoms with Gasteiger partial charge in [0.2, 0.25) is 0 Å². The van der Waals surface area contributed by atoms with E-state index in [1.807, 2.05) is 25.3 Å². The summed E-state index contributed by atoms with van der Waals surface area (Å²) in [5, 5.41) is 12.0. The summed E-state index contributed by atoms with van der Waals surface area (Å²) < 4.78 is 7.18. The molecule has 0 saturated heterocycles. The maximum Gasteiger partial charge on any atom is 0.266 e. The van der Waals surface area contributed by atoms with Crippen molar-refractivity contribution in [2.75, 3.05) is 12.4 Å². The topological polar surface area (TPSA) is 67.0 Å². The van der Waals surface area contributed by atoms with Crippen LogP contribution in [0.4, 0.5) is 5.69 Å². The van der Waals surface area contributed by atoms with Crippen LogP contribution in [0, 0.1) is 18.3 Å². The van der Waals surface area contributed by atoms with Crippen LogP contribution in [0.3, 0.4) is 0 Å². The summed E-state index contributed by atoms with van der Waals surface area (Å²) >= 11 is 0. The van der Waals surface area contributed by atoms with Crippen LogP contribution in [0.15, 0.2) is 42.1 Å². The van der Waals surface area contributed by atoms with E-state index in [9.17, 15) is 10.1 Å². The molecule has 0 atom stereocenters. The average molecular weight is 323 g/mol. The number of hydrogen-bond donors (Lipinski definition) is 1. The van der Waals surface area contributed by atoms with E-state index in [-0.39, 0.29) is 5.57 Å². The van der Waals surface area contributed by atoms with Gasteiger partial charge < -0.3 is 14.6 Å². The predicted octanol–water partition coefficient (Wildman–Crippen LogP) is 3.93. The molecule has 124 valence electrons. The van der Waals surface area contributed by atoms with Crippen LogP contribution in [-0.2, 0) is 4.79 Å². The third kappa shape index (κ3) is 4.05. The second kappa shape index (κ2) is 7.51. The van der Waals surface area contributed by atoms with Gasteiger partial charge in [-0.2, -0.15) is 5.26 Å². The zero-order valence-electron chi connectivity index (χ0n) is 14.3. The number of carbonyl (C=O) groups excluding carboxylic acids is 1. The molecule has 1 N–H and O–H groups in total. The molecule has 0 aliphatic rings. The lowest BCUT2D eigenvalue weighted by molar-refractivity contribution is -0.112. The van der Waals surface area contributed by atoms with Gasteiger partial charge in [0.05, 0.1) is 7.11 Å². The van der Waals surface area contributed by atoms with Gasteiger partial charge >= 0.3 is 0 Å². The number of nitriles is 1. The van der Waals surface area contributed by atoms with Crippen molar-refractivity contribution in [2.45, 2.75) is 26.8 Å². The highest BCUT2D eigenvalue weighted by atomic mass is 16.5. The highest BCUT2D eigenvalue weighted by Crippen LogP contribution is 2.18. The Hall–Kier alpha value is -3.00. The summed E-state index contributed by atoms with van der Waals surface area (Å²) in [5.41, 5.74) is 2.59. The first-order valence-electron chi connectivity index (χ1n) is 7.70. The van der Waals surface area contributed by atoms with Crippen molar-refractivity contribution < 1.29 is 9.53 Å². The van der Waals surface area contributed by atoms with Crippen LogP contribution < -0.4 is 10.1 Å². The fourth-order valence-corrected chi connectivity index (χ4v) is 2.44. The number of nitrogens with one attached hydrogen (secondary N) is 1. The Morgan fingerprint density at radius 3 is 2.50 bits per heavy atom. The first kappa shape index (κ1) is 17.4. The number of anilines is 1. The second-order valence-electron chi connectivity index (χ2n) is 5.77. The van der Waals surface area contributed by atoms with Gasteiger partial charge in [-0.1, -0.05) is 0 Å². The van der Waals surface area contributed by atoms with Gasteiger partial charge in [-0.15, -0.1) is 0 Å². The molecule has 0 bridgehead atoms. The van der Waals surface area contributed by atoms with E-state index >= 15 is 0 Å². The molecule has 1 heterocycles. The molecule has 0 unspecified atom stereocenters. The number of methoxy groups -OCH3 is 1. The molecule has 0 aliphatic carbocycles. The lowest BCUT2D eigenvalue weighted by Crippen LogP contribution is -2.13. The minimum absolute atomic E-state index is 0.0618. The fraction of sp³-hybridized carbons (Fsp3) is 0.263. The average Bonchev–Trinajstić information content (AvgIpc) is 2.94. The zero-order valence-corrected chi connectivity index (χ0v) is 14.3. The number of rotatable bonds is 5. The SMILES string of the molecule is COc1ccc(NC(=O)/C(C#N)=C/c2cc(C)n(C(C)C)c2)cc1. The number of hydrogen-bond acceptors (Lipinski definition) is 3. The van der Waals surface area contributed by atoms with Crippen molar-refractivity contribution >= 4 is 17.7 Å². The van der Waals surface area contributed by atoms with Gasteiger partial charge in [-0.3, -0.25) is 4.79 Å². The quantitative estimate of drug-likeness (QED) is 0.669. The number of ether oxygens (including phenoxy) is 1. The van der Waals surface area contributed by atoms with E-state index in [1.165, 1.54) is 0 Å². The standard InChI is InChI=1S/C19H21N3O2/c1-13(2)22-12-15(9-14(22)3)10-16(11-20)19(23)21-17-5-7-18(24-4)8-6-17/h5-10,12-13H,1-4H3,(H,21,23)/b16-10+. The Bertz CT molecular complexity index is 793. The predicted molar refractivity (Wildman–Crippen MR) is 94.8 cm³/mol. The molecule has 2 rings (SSSR count). The molecule has 0 saturated carbocycles. The van der Waals surface area contributed by atoms with Crippen LogP contribution >= 0.6 is 0 Å². The van der Waals surface area contributed by atoms with Gasteiger partial charge in [0, 0.05) is 23.6 Å². The van der Waals surface area contributed by atoms with Crippen LogP contribution in [0.1, 0.15) is 31.1 Å². The summed E-state index contributed by atoms with van der Waals surface area (Å²) in [6.45, 7) is 6.17. The maximum atomic E-state index is 12.3. The van der Waals surface area contributed by atoms with E-state index < -0.39 is 5.91 Å². The van der Waals surface area contributed by atoms with E-state index in [0.29, 0.717) is 17.5 Å². The number of aromatic nitrogens is 1. The minimum Gasteiger partial charge on any atom is -0.497 e. The zero-order chi connectivity index (χ0) is 17.7. The Balaban J connectivity index is 2.19. The minimum atomic E-state index is -0.433. The van der Waals surface area contributed by atoms with Crippen molar-refractivity contribution in [3.63, 3.8) is 0 Å². The van der Waals surface area contributed by atoms with Gasteiger partial charge in [0.1, 0.15) is 17.4 Å². The van der Waals surface area contributed by atoms with Crippen LogP contribution in [0.25, 0.3) is 6.08 Å². The van der Waals surface area contributed by atoms with Gasteiger partial charge in [0.25, 0.3) is 5.91 Å². The molecular formula is C19H21N3O2. The third-order valence-electron chi connectivity index (χ3n) is 3.65. The van der Waals surface area contributed by atoms with E-state index in [4.69, 9.17) is 4.74 Å². The molecule has 5 nitrogen and oxygen atoms in total. The van der Waals surface area contributed by atoms with Gasteiger partial charge in [-0.25, -0.2) is 0 Å². The smallest absolute Gasteiger partial charge is 0.266 e. The molecule has 1 amide bonds. The number of benzene rings is 1. The molecule has 24 heavy (non-hydrogen) atoms. The highest BCUT2D eigenvalue weighted by molar-refractivity contribution is 6.09. The van der Waals surface area contributed by atoms with Gasteiger partial charge in [-0.05, 0) is 62.7 Å². The molecule has 0 radical (unpaired) electrons. The summed E-state index contributed by atoms with van der Waals surface area (Å²) in [6, 6.07) is 11.2. The largest absolute Gasteiger partial charge is 0.497 e. The molecule has 5 heteroatoms. The third-order valence-corrected chi connectivity index (χ3v) is 3.65. The fourth-order valence-electron chi connectivity index (χ4n) is 2.44. The lowest BCUT2D eigenvalue weighted by Gasteiger charge is -2.08.